The molecule has 0 radical (unpaired) electrons. The minimum absolute atomic E-state index is 0.152. The SMILES string of the molecule is O=C(NCCCN1CCCC1=O)N[C@@H](Cc1ccccc1)C(=O)[O-]. The quantitative estimate of drug-likeness (QED) is 0.636. The van der Waals surface area contributed by atoms with Crippen molar-refractivity contribution in [1.29, 1.82) is 0 Å². The fourth-order valence-corrected chi connectivity index (χ4v) is 2.66. The highest BCUT2D eigenvalue weighted by molar-refractivity contribution is 5.81. The monoisotopic (exact) mass is 332 g/mol. The number of amides is 3. The minimum Gasteiger partial charge on any atom is -0.548 e. The van der Waals surface area contributed by atoms with E-state index in [9.17, 15) is 19.5 Å². The number of benzene rings is 1. The fourth-order valence-electron chi connectivity index (χ4n) is 2.66. The first-order valence-corrected chi connectivity index (χ1v) is 8.13. The number of likely N-dealkylation sites (tertiary alicyclic amines) is 1. The molecule has 7 heteroatoms. The molecule has 1 aromatic rings. The number of nitrogens with one attached hydrogen (secondary N) is 2. The Kier molecular flexibility index (Phi) is 6.60. The van der Waals surface area contributed by atoms with Crippen LogP contribution in [-0.4, -0.2) is 48.5 Å². The summed E-state index contributed by atoms with van der Waals surface area (Å²) in [5.41, 5.74) is 0.805. The van der Waals surface area contributed by atoms with E-state index >= 15 is 0 Å². The van der Waals surface area contributed by atoms with Gasteiger partial charge in [-0.25, -0.2) is 4.79 Å². The van der Waals surface area contributed by atoms with E-state index in [0.717, 1.165) is 18.5 Å². The van der Waals surface area contributed by atoms with Gasteiger partial charge in [0.15, 0.2) is 0 Å². The van der Waals surface area contributed by atoms with Gasteiger partial charge >= 0.3 is 6.03 Å². The van der Waals surface area contributed by atoms with Crippen molar-refractivity contribution >= 4 is 17.9 Å². The Labute approximate surface area is 141 Å². The van der Waals surface area contributed by atoms with Gasteiger partial charge in [0.1, 0.15) is 0 Å². The number of aliphatic carboxylic acids is 1. The second-order valence-corrected chi connectivity index (χ2v) is 5.80. The van der Waals surface area contributed by atoms with Crippen molar-refractivity contribution in [1.82, 2.24) is 15.5 Å². The molecule has 1 aromatic carbocycles. The topological polar surface area (TPSA) is 102 Å². The molecule has 1 aliphatic heterocycles. The maximum Gasteiger partial charge on any atom is 0.315 e. The molecule has 0 spiro atoms. The van der Waals surface area contributed by atoms with E-state index in [0.29, 0.717) is 25.9 Å². The summed E-state index contributed by atoms with van der Waals surface area (Å²) in [7, 11) is 0. The number of carbonyl (C=O) groups is 3. The Bertz CT molecular complexity index is 576. The van der Waals surface area contributed by atoms with Crippen molar-refractivity contribution in [3.8, 4) is 0 Å². The third-order valence-corrected chi connectivity index (χ3v) is 3.93. The van der Waals surface area contributed by atoms with Crippen LogP contribution in [0.3, 0.4) is 0 Å². The molecule has 7 nitrogen and oxygen atoms in total. The van der Waals surface area contributed by atoms with Gasteiger partial charge in [-0.1, -0.05) is 30.3 Å². The number of rotatable bonds is 8. The molecule has 24 heavy (non-hydrogen) atoms. The molecule has 2 rings (SSSR count). The maximum atomic E-state index is 11.8. The van der Waals surface area contributed by atoms with Crippen LogP contribution in [0.2, 0.25) is 0 Å². The van der Waals surface area contributed by atoms with Crippen LogP contribution in [0, 0.1) is 0 Å². The van der Waals surface area contributed by atoms with Crippen molar-refractivity contribution in [2.24, 2.45) is 0 Å². The summed E-state index contributed by atoms with van der Waals surface area (Å²) in [4.78, 5) is 36.2. The summed E-state index contributed by atoms with van der Waals surface area (Å²) in [5, 5.41) is 16.2. The first kappa shape index (κ1) is 17.8. The Morgan fingerprint density at radius 1 is 1.25 bits per heavy atom. The van der Waals surface area contributed by atoms with Crippen LogP contribution in [0.5, 0.6) is 0 Å². The summed E-state index contributed by atoms with van der Waals surface area (Å²) in [6, 6.07) is 7.40. The summed E-state index contributed by atoms with van der Waals surface area (Å²) < 4.78 is 0. The van der Waals surface area contributed by atoms with Crippen LogP contribution < -0.4 is 15.7 Å². The molecule has 1 fully saturated rings. The first-order chi connectivity index (χ1) is 11.6. The van der Waals surface area contributed by atoms with E-state index in [1.165, 1.54) is 0 Å². The zero-order chi connectivity index (χ0) is 17.4. The molecule has 1 aliphatic rings. The third-order valence-electron chi connectivity index (χ3n) is 3.93. The molecule has 1 heterocycles. The Morgan fingerprint density at radius 3 is 2.62 bits per heavy atom. The van der Waals surface area contributed by atoms with Gasteiger partial charge in [0.2, 0.25) is 5.91 Å². The lowest BCUT2D eigenvalue weighted by Crippen LogP contribution is -2.52. The van der Waals surface area contributed by atoms with Crippen molar-refractivity contribution in [2.75, 3.05) is 19.6 Å². The van der Waals surface area contributed by atoms with Crippen LogP contribution in [-0.2, 0) is 16.0 Å². The van der Waals surface area contributed by atoms with Crippen molar-refractivity contribution < 1.29 is 19.5 Å². The Morgan fingerprint density at radius 2 is 2.00 bits per heavy atom. The molecule has 130 valence electrons. The van der Waals surface area contributed by atoms with Crippen LogP contribution in [0.1, 0.15) is 24.8 Å². The molecule has 3 amide bonds. The van der Waals surface area contributed by atoms with E-state index in [1.54, 1.807) is 29.2 Å². The number of carbonyl (C=O) groups excluding carboxylic acids is 3. The molecule has 0 unspecified atom stereocenters. The van der Waals surface area contributed by atoms with E-state index in [2.05, 4.69) is 10.6 Å². The van der Waals surface area contributed by atoms with Crippen LogP contribution >= 0.6 is 0 Å². The molecule has 0 aromatic heterocycles. The van der Waals surface area contributed by atoms with Crippen molar-refractivity contribution in [2.45, 2.75) is 31.7 Å². The van der Waals surface area contributed by atoms with Gasteiger partial charge in [-0.05, 0) is 24.8 Å². The number of carboxylic acids is 1. The second kappa shape index (κ2) is 8.90. The maximum absolute atomic E-state index is 11.8. The van der Waals surface area contributed by atoms with Crippen LogP contribution in [0.4, 0.5) is 4.79 Å². The predicted octanol–water partition coefficient (Wildman–Crippen LogP) is -0.341. The van der Waals surface area contributed by atoms with E-state index in [-0.39, 0.29) is 12.3 Å². The lowest BCUT2D eigenvalue weighted by molar-refractivity contribution is -0.308. The van der Waals surface area contributed by atoms with Gasteiger partial charge in [-0.2, -0.15) is 0 Å². The first-order valence-electron chi connectivity index (χ1n) is 8.13. The number of carboxylic acid groups (broad SMARTS) is 1. The van der Waals surface area contributed by atoms with Gasteiger partial charge < -0.3 is 25.4 Å². The minimum atomic E-state index is -1.32. The van der Waals surface area contributed by atoms with Gasteiger partial charge in [0.05, 0.1) is 12.0 Å². The Balaban J connectivity index is 1.70. The van der Waals surface area contributed by atoms with E-state index < -0.39 is 18.0 Å². The summed E-state index contributed by atoms with van der Waals surface area (Å²) in [5.74, 6) is -1.17. The highest BCUT2D eigenvalue weighted by Gasteiger charge is 2.19. The molecular formula is C17H22N3O4-. The zero-order valence-electron chi connectivity index (χ0n) is 13.5. The lowest BCUT2D eigenvalue weighted by Gasteiger charge is -2.20. The summed E-state index contributed by atoms with van der Waals surface area (Å²) in [6.45, 7) is 1.75. The normalized spacial score (nSPS) is 15.2. The van der Waals surface area contributed by atoms with Gasteiger partial charge in [0.25, 0.3) is 0 Å². The van der Waals surface area contributed by atoms with E-state index in [4.69, 9.17) is 0 Å². The highest BCUT2D eigenvalue weighted by atomic mass is 16.4. The molecular weight excluding hydrogens is 310 g/mol. The van der Waals surface area contributed by atoms with E-state index in [1.807, 2.05) is 6.07 Å². The zero-order valence-corrected chi connectivity index (χ0v) is 13.5. The average Bonchev–Trinajstić information content (AvgIpc) is 2.97. The van der Waals surface area contributed by atoms with Gasteiger partial charge in [0, 0.05) is 26.1 Å². The van der Waals surface area contributed by atoms with Crippen LogP contribution in [0.15, 0.2) is 30.3 Å². The standard InChI is InChI=1S/C17H23N3O4/c21-15-8-4-10-20(15)11-5-9-18-17(24)19-14(16(22)23)12-13-6-2-1-3-7-13/h1-3,6-7,14H,4-5,8-12H2,(H,22,23)(H2,18,19,24)/p-1/t14-/m0/s1. The number of urea groups is 1. The lowest BCUT2D eigenvalue weighted by atomic mass is 10.1. The highest BCUT2D eigenvalue weighted by Crippen LogP contribution is 2.09. The fraction of sp³-hybridized carbons (Fsp3) is 0.471. The molecule has 0 bridgehead atoms. The number of hydrogen-bond donors (Lipinski definition) is 2. The average molecular weight is 332 g/mol. The number of hydrogen-bond acceptors (Lipinski definition) is 4. The molecule has 0 aliphatic carbocycles. The third kappa shape index (κ3) is 5.57. The smallest absolute Gasteiger partial charge is 0.315 e. The second-order valence-electron chi connectivity index (χ2n) is 5.80. The summed E-state index contributed by atoms with van der Waals surface area (Å²) >= 11 is 0. The predicted molar refractivity (Wildman–Crippen MR) is 85.9 cm³/mol. The van der Waals surface area contributed by atoms with Crippen LogP contribution in [0.25, 0.3) is 0 Å². The molecule has 1 saturated heterocycles. The molecule has 0 saturated carbocycles. The largest absolute Gasteiger partial charge is 0.548 e. The molecule has 2 N–H and O–H groups in total. The van der Waals surface area contributed by atoms with Crippen molar-refractivity contribution in [3.05, 3.63) is 35.9 Å². The molecule has 1 atom stereocenters. The van der Waals surface area contributed by atoms with Gasteiger partial charge in [-0.15, -0.1) is 0 Å². The Hall–Kier alpha value is -2.57. The van der Waals surface area contributed by atoms with Crippen molar-refractivity contribution in [3.63, 3.8) is 0 Å². The van der Waals surface area contributed by atoms with Gasteiger partial charge in [-0.3, -0.25) is 4.79 Å². The number of nitrogens with zero attached hydrogens (tertiary/aromatic N) is 1. The summed E-state index contributed by atoms with van der Waals surface area (Å²) in [6.07, 6.45) is 2.28.